The molecule has 6 N–H and O–H groups in total. The van der Waals surface area contributed by atoms with Crippen molar-refractivity contribution in [1.29, 1.82) is 0 Å². The molecular weight excluding hydrogens is 270 g/mol. The van der Waals surface area contributed by atoms with E-state index < -0.39 is 48.8 Å². The summed E-state index contributed by atoms with van der Waals surface area (Å²) in [7, 11) is 0. The lowest BCUT2D eigenvalue weighted by Gasteiger charge is -2.16. The molecule has 0 aromatic rings. The van der Waals surface area contributed by atoms with Gasteiger partial charge in [-0.2, -0.15) is 0 Å². The molecule has 9 nitrogen and oxygen atoms in total. The third-order valence-corrected chi connectivity index (χ3v) is 2.46. The summed E-state index contributed by atoms with van der Waals surface area (Å²) in [4.78, 5) is 44.0. The van der Waals surface area contributed by atoms with Crippen molar-refractivity contribution in [1.82, 2.24) is 10.6 Å². The zero-order valence-electron chi connectivity index (χ0n) is 11.3. The van der Waals surface area contributed by atoms with Gasteiger partial charge in [-0.05, 0) is 5.92 Å². The fourth-order valence-electron chi connectivity index (χ4n) is 1.21. The molecule has 0 aromatic carbocycles. The lowest BCUT2D eigenvalue weighted by Crippen LogP contribution is -2.50. The van der Waals surface area contributed by atoms with Crippen molar-refractivity contribution in [3.05, 3.63) is 0 Å². The lowest BCUT2D eigenvalue weighted by molar-refractivity contribution is -0.147. The van der Waals surface area contributed by atoms with Gasteiger partial charge in [-0.1, -0.05) is 13.8 Å². The number of hydrogen-bond donors (Lipinski definition) is 5. The van der Waals surface area contributed by atoms with Crippen molar-refractivity contribution >= 4 is 23.8 Å². The molecule has 2 unspecified atom stereocenters. The van der Waals surface area contributed by atoms with Crippen LogP contribution in [0.5, 0.6) is 0 Å². The van der Waals surface area contributed by atoms with E-state index >= 15 is 0 Å². The van der Waals surface area contributed by atoms with Crippen LogP contribution < -0.4 is 16.4 Å². The molecule has 2 atom stereocenters. The van der Waals surface area contributed by atoms with Gasteiger partial charge in [-0.3, -0.25) is 14.4 Å². The zero-order valence-corrected chi connectivity index (χ0v) is 11.3. The lowest BCUT2D eigenvalue weighted by atomic mass is 10.1. The second kappa shape index (κ2) is 8.10. The van der Waals surface area contributed by atoms with E-state index in [0.29, 0.717) is 0 Å². The fourth-order valence-corrected chi connectivity index (χ4v) is 1.21. The molecule has 20 heavy (non-hydrogen) atoms. The van der Waals surface area contributed by atoms with E-state index in [0.717, 1.165) is 0 Å². The Labute approximate surface area is 115 Å². The van der Waals surface area contributed by atoms with Gasteiger partial charge in [0.1, 0.15) is 6.04 Å². The number of nitrogens with two attached hydrogens (primary N) is 1. The van der Waals surface area contributed by atoms with E-state index in [1.165, 1.54) is 0 Å². The maximum Gasteiger partial charge on any atom is 0.326 e. The Morgan fingerprint density at radius 2 is 1.70 bits per heavy atom. The predicted octanol–water partition coefficient (Wildman–Crippen LogP) is -1.87. The minimum Gasteiger partial charge on any atom is -0.481 e. The van der Waals surface area contributed by atoms with Crippen molar-refractivity contribution in [2.75, 3.05) is 6.54 Å². The van der Waals surface area contributed by atoms with E-state index in [9.17, 15) is 19.2 Å². The second-order valence-corrected chi connectivity index (χ2v) is 4.54. The Balaban J connectivity index is 4.30. The first-order valence-electron chi connectivity index (χ1n) is 5.92. The number of carboxylic acid groups (broad SMARTS) is 2. The zero-order chi connectivity index (χ0) is 15.9. The molecule has 0 saturated heterocycles. The van der Waals surface area contributed by atoms with E-state index in [4.69, 9.17) is 15.9 Å². The van der Waals surface area contributed by atoms with Gasteiger partial charge in [0.2, 0.25) is 11.8 Å². The molecule has 0 saturated carbocycles. The van der Waals surface area contributed by atoms with Crippen molar-refractivity contribution in [3.8, 4) is 0 Å². The highest BCUT2D eigenvalue weighted by Gasteiger charge is 2.23. The molecule has 0 rings (SSSR count). The molecule has 9 heteroatoms. The molecule has 0 radical (unpaired) electrons. The van der Waals surface area contributed by atoms with Gasteiger partial charge in [0.25, 0.3) is 0 Å². The first-order chi connectivity index (χ1) is 9.15. The fraction of sp³-hybridized carbons (Fsp3) is 0.636. The minimum absolute atomic E-state index is 0.114. The van der Waals surface area contributed by atoms with Crippen LogP contribution in [-0.4, -0.2) is 52.6 Å². The summed E-state index contributed by atoms with van der Waals surface area (Å²) in [6, 6.07) is -2.33. The molecule has 0 spiro atoms. The number of carbonyl (C=O) groups is 4. The second-order valence-electron chi connectivity index (χ2n) is 4.54. The summed E-state index contributed by atoms with van der Waals surface area (Å²) in [6.45, 7) is 3.00. The third kappa shape index (κ3) is 6.69. The molecule has 0 bridgehead atoms. The molecule has 114 valence electrons. The molecule has 0 aliphatic carbocycles. The molecule has 0 fully saturated rings. The first-order valence-corrected chi connectivity index (χ1v) is 5.92. The highest BCUT2D eigenvalue weighted by molar-refractivity contribution is 5.90. The molecule has 0 aliphatic heterocycles. The van der Waals surface area contributed by atoms with Gasteiger partial charge in [-0.25, -0.2) is 4.79 Å². The average molecular weight is 289 g/mol. The Morgan fingerprint density at radius 1 is 1.15 bits per heavy atom. The topological polar surface area (TPSA) is 159 Å². The van der Waals surface area contributed by atoms with Crippen LogP contribution in [0.1, 0.15) is 20.3 Å². The van der Waals surface area contributed by atoms with Gasteiger partial charge in [-0.15, -0.1) is 0 Å². The summed E-state index contributed by atoms with van der Waals surface area (Å²) in [5, 5.41) is 21.5. The van der Waals surface area contributed by atoms with Gasteiger partial charge in [0.05, 0.1) is 19.0 Å². The van der Waals surface area contributed by atoms with Crippen LogP contribution in [0.25, 0.3) is 0 Å². The van der Waals surface area contributed by atoms with Crippen LogP contribution in [-0.2, 0) is 19.2 Å². The van der Waals surface area contributed by atoms with E-state index in [2.05, 4.69) is 5.32 Å². The molecule has 0 aromatic heterocycles. The molecule has 0 aliphatic rings. The number of hydrogen-bond acceptors (Lipinski definition) is 5. The standard InChI is InChI=1S/C11H19N3O6/c1-5(2)9(12)10(18)13-4-7(15)14-6(11(19)20)3-8(16)17/h5-6,9H,3-4,12H2,1-2H3,(H,13,18)(H,14,15)(H,16,17)(H,19,20). The van der Waals surface area contributed by atoms with E-state index in [-0.39, 0.29) is 5.92 Å². The number of nitrogens with one attached hydrogen (secondary N) is 2. The largest absolute Gasteiger partial charge is 0.481 e. The summed E-state index contributed by atoms with van der Waals surface area (Å²) < 4.78 is 0. The van der Waals surface area contributed by atoms with Crippen molar-refractivity contribution < 1.29 is 29.4 Å². The summed E-state index contributed by atoms with van der Waals surface area (Å²) in [5.74, 6) is -4.28. The van der Waals surface area contributed by atoms with E-state index in [1.54, 1.807) is 13.8 Å². The molecule has 2 amide bonds. The summed E-state index contributed by atoms with van der Waals surface area (Å²) in [6.07, 6.45) is -0.749. The number of carboxylic acids is 2. The SMILES string of the molecule is CC(C)C(N)C(=O)NCC(=O)NC(CC(=O)O)C(=O)O. The maximum atomic E-state index is 11.5. The van der Waals surface area contributed by atoms with Crippen LogP contribution in [0.15, 0.2) is 0 Å². The third-order valence-electron chi connectivity index (χ3n) is 2.46. The Kier molecular flexibility index (Phi) is 7.22. The highest BCUT2D eigenvalue weighted by atomic mass is 16.4. The van der Waals surface area contributed by atoms with Gasteiger partial charge >= 0.3 is 11.9 Å². The Hall–Kier alpha value is -2.16. The van der Waals surface area contributed by atoms with Crippen molar-refractivity contribution in [3.63, 3.8) is 0 Å². The number of amides is 2. The van der Waals surface area contributed by atoms with Gasteiger partial charge < -0.3 is 26.6 Å². The number of aliphatic carboxylic acids is 2. The summed E-state index contributed by atoms with van der Waals surface area (Å²) >= 11 is 0. The van der Waals surface area contributed by atoms with Crippen molar-refractivity contribution in [2.45, 2.75) is 32.4 Å². The van der Waals surface area contributed by atoms with Gasteiger partial charge in [0.15, 0.2) is 0 Å². The average Bonchev–Trinajstić information content (AvgIpc) is 2.33. The van der Waals surface area contributed by atoms with Gasteiger partial charge in [0, 0.05) is 0 Å². The predicted molar refractivity (Wildman–Crippen MR) is 67.6 cm³/mol. The molecule has 0 heterocycles. The quantitative estimate of drug-likeness (QED) is 0.350. The maximum absolute atomic E-state index is 11.5. The molecular formula is C11H19N3O6. The Bertz CT molecular complexity index is 396. The number of carbonyl (C=O) groups excluding carboxylic acids is 2. The van der Waals surface area contributed by atoms with Crippen LogP contribution in [0, 0.1) is 5.92 Å². The van der Waals surface area contributed by atoms with Crippen LogP contribution in [0.2, 0.25) is 0 Å². The van der Waals surface area contributed by atoms with Crippen molar-refractivity contribution in [2.24, 2.45) is 11.7 Å². The van der Waals surface area contributed by atoms with Crippen LogP contribution in [0.3, 0.4) is 0 Å². The monoisotopic (exact) mass is 289 g/mol. The van der Waals surface area contributed by atoms with E-state index in [1.807, 2.05) is 5.32 Å². The highest BCUT2D eigenvalue weighted by Crippen LogP contribution is 1.97. The minimum atomic E-state index is -1.55. The number of rotatable bonds is 8. The normalized spacial score (nSPS) is 13.4. The van der Waals surface area contributed by atoms with Crippen LogP contribution >= 0.6 is 0 Å². The smallest absolute Gasteiger partial charge is 0.326 e. The summed E-state index contributed by atoms with van der Waals surface area (Å²) in [5.41, 5.74) is 5.55. The van der Waals surface area contributed by atoms with Crippen LogP contribution in [0.4, 0.5) is 0 Å². The Morgan fingerprint density at radius 3 is 2.10 bits per heavy atom. The first kappa shape index (κ1) is 17.8.